The number of carbonyl (C=O) groups is 2. The summed E-state index contributed by atoms with van der Waals surface area (Å²) in [5.41, 5.74) is -0.431. The second kappa shape index (κ2) is 12.6. The van der Waals surface area contributed by atoms with Gasteiger partial charge in [-0.3, -0.25) is 5.32 Å². The quantitative estimate of drug-likeness (QED) is 0.280. The molecule has 2 amide bonds. The van der Waals surface area contributed by atoms with E-state index in [1.54, 1.807) is 12.1 Å². The van der Waals surface area contributed by atoms with Gasteiger partial charge in [0.05, 0.1) is 5.60 Å². The summed E-state index contributed by atoms with van der Waals surface area (Å²) in [5.74, 6) is 0.316. The summed E-state index contributed by atoms with van der Waals surface area (Å²) in [7, 11) is 0. The Morgan fingerprint density at radius 1 is 1.03 bits per heavy atom. The Hall–Kier alpha value is -2.74. The van der Waals surface area contributed by atoms with Crippen molar-refractivity contribution in [1.29, 1.82) is 0 Å². The molecular weight excluding hydrogens is 430 g/mol. The van der Waals surface area contributed by atoms with Crippen LogP contribution in [0, 0.1) is 5.92 Å². The van der Waals surface area contributed by atoms with E-state index in [-0.39, 0.29) is 6.42 Å². The van der Waals surface area contributed by atoms with Crippen LogP contribution in [0.1, 0.15) is 52.2 Å². The average Bonchev–Trinajstić information content (AvgIpc) is 2.80. The van der Waals surface area contributed by atoms with Crippen LogP contribution in [-0.4, -0.2) is 41.9 Å². The zero-order chi connectivity index (χ0) is 25.2. The van der Waals surface area contributed by atoms with E-state index >= 15 is 0 Å². The van der Waals surface area contributed by atoms with Gasteiger partial charge in [-0.2, -0.15) is 0 Å². The van der Waals surface area contributed by atoms with Gasteiger partial charge in [-0.25, -0.2) is 4.79 Å². The van der Waals surface area contributed by atoms with Gasteiger partial charge < -0.3 is 25.3 Å². The van der Waals surface area contributed by atoms with Crippen LogP contribution in [0.25, 0.3) is 0 Å². The number of nitrogens with one attached hydrogen (secondary N) is 3. The normalized spacial score (nSPS) is 15.3. The molecule has 7 nitrogen and oxygen atoms in total. The monoisotopic (exact) mass is 469 g/mol. The Kier molecular flexibility index (Phi) is 10.2. The molecule has 0 spiro atoms. The highest BCUT2D eigenvalue weighted by atomic mass is 16.5. The molecule has 0 fully saturated rings. The van der Waals surface area contributed by atoms with Crippen LogP contribution < -0.4 is 16.0 Å². The molecule has 7 heteroatoms. The second-order valence-corrected chi connectivity index (χ2v) is 9.97. The summed E-state index contributed by atoms with van der Waals surface area (Å²) >= 11 is 0. The molecule has 0 aliphatic carbocycles. The number of aliphatic hydroxyl groups excluding tert-OH is 1. The maximum atomic E-state index is 12.9. The third-order valence-corrected chi connectivity index (χ3v) is 5.24. The van der Waals surface area contributed by atoms with Crippen molar-refractivity contribution in [3.8, 4) is 0 Å². The molecule has 0 aliphatic rings. The molecule has 4 N–H and O–H groups in total. The molecule has 0 saturated heterocycles. The first kappa shape index (κ1) is 27.5. The topological polar surface area (TPSA) is 99.7 Å². The van der Waals surface area contributed by atoms with Gasteiger partial charge in [0.15, 0.2) is 0 Å². The minimum absolute atomic E-state index is 0.0444. The van der Waals surface area contributed by atoms with Crippen LogP contribution in [-0.2, 0) is 21.6 Å². The molecule has 2 aromatic carbocycles. The number of hydrogen-bond donors (Lipinski definition) is 4. The average molecular weight is 470 g/mol. The number of rotatable bonds is 12. The van der Waals surface area contributed by atoms with Gasteiger partial charge >= 0.3 is 6.03 Å². The molecule has 2 aromatic rings. The van der Waals surface area contributed by atoms with Gasteiger partial charge in [-0.1, -0.05) is 74.5 Å². The Morgan fingerprint density at radius 2 is 1.62 bits per heavy atom. The molecule has 0 radical (unpaired) electrons. The highest BCUT2D eigenvalue weighted by Crippen LogP contribution is 2.29. The molecule has 0 heterocycles. The Bertz CT molecular complexity index is 884. The lowest BCUT2D eigenvalue weighted by atomic mass is 9.85. The lowest BCUT2D eigenvalue weighted by Gasteiger charge is -2.38. The molecule has 0 aliphatic heterocycles. The summed E-state index contributed by atoms with van der Waals surface area (Å²) in [4.78, 5) is 25.5. The van der Waals surface area contributed by atoms with Crippen LogP contribution in [0.4, 0.5) is 4.79 Å². The van der Waals surface area contributed by atoms with Crippen molar-refractivity contribution in [2.45, 2.75) is 71.1 Å². The first-order valence-corrected chi connectivity index (χ1v) is 11.8. The molecule has 0 bridgehead atoms. The van der Waals surface area contributed by atoms with E-state index in [2.05, 4.69) is 16.0 Å². The Balaban J connectivity index is 2.30. The first-order valence-electron chi connectivity index (χ1n) is 11.8. The van der Waals surface area contributed by atoms with Crippen LogP contribution in [0.3, 0.4) is 0 Å². The van der Waals surface area contributed by atoms with E-state index in [1.165, 1.54) is 0 Å². The molecule has 0 aromatic heterocycles. The predicted molar refractivity (Wildman–Crippen MR) is 134 cm³/mol. The number of urea groups is 1. The van der Waals surface area contributed by atoms with Gasteiger partial charge in [0.25, 0.3) is 0 Å². The van der Waals surface area contributed by atoms with Crippen LogP contribution in [0.5, 0.6) is 0 Å². The van der Waals surface area contributed by atoms with Crippen molar-refractivity contribution in [1.82, 2.24) is 16.0 Å². The maximum Gasteiger partial charge on any atom is 0.316 e. The van der Waals surface area contributed by atoms with E-state index in [0.29, 0.717) is 24.6 Å². The molecule has 3 unspecified atom stereocenters. The SMILES string of the molecule is CC(C)CNC(O)C(CC(C=O)(NC(=O)NCc1ccccc1)c1ccccc1)OC(C)(C)C. The minimum atomic E-state index is -1.40. The third-order valence-electron chi connectivity index (χ3n) is 5.24. The van der Waals surface area contributed by atoms with Crippen molar-refractivity contribution in [3.63, 3.8) is 0 Å². The first-order chi connectivity index (χ1) is 16.0. The lowest BCUT2D eigenvalue weighted by molar-refractivity contribution is -0.136. The van der Waals surface area contributed by atoms with Crippen molar-refractivity contribution in [2.75, 3.05) is 6.54 Å². The van der Waals surface area contributed by atoms with Crippen LogP contribution >= 0.6 is 0 Å². The Morgan fingerprint density at radius 3 is 2.15 bits per heavy atom. The van der Waals surface area contributed by atoms with Crippen molar-refractivity contribution >= 4 is 12.3 Å². The van der Waals surface area contributed by atoms with Gasteiger partial charge in [0.2, 0.25) is 0 Å². The van der Waals surface area contributed by atoms with Crippen LogP contribution in [0.2, 0.25) is 0 Å². The van der Waals surface area contributed by atoms with Gasteiger partial charge in [-0.15, -0.1) is 0 Å². The fraction of sp³-hybridized carbons (Fsp3) is 0.481. The molecule has 0 saturated carbocycles. The van der Waals surface area contributed by atoms with Gasteiger partial charge in [0.1, 0.15) is 24.2 Å². The summed E-state index contributed by atoms with van der Waals surface area (Å²) in [5, 5.41) is 19.7. The number of aldehydes is 1. The molecule has 3 atom stereocenters. The zero-order valence-electron chi connectivity index (χ0n) is 20.9. The standard InChI is InChI=1S/C27H39N3O4/c1-20(2)17-28-24(32)23(34-26(3,4)5)16-27(19-31,22-14-10-7-11-15-22)30-25(33)29-18-21-12-8-6-9-13-21/h6-15,19-20,23-24,28,32H,16-18H2,1-5H3,(H2,29,30,33). The number of carbonyl (C=O) groups excluding carboxylic acids is 2. The third kappa shape index (κ3) is 8.89. The van der Waals surface area contributed by atoms with Crippen LogP contribution in [0.15, 0.2) is 60.7 Å². The van der Waals surface area contributed by atoms with E-state index in [1.807, 2.05) is 83.1 Å². The number of amides is 2. The van der Waals surface area contributed by atoms with Gasteiger partial charge in [0, 0.05) is 13.0 Å². The van der Waals surface area contributed by atoms with Gasteiger partial charge in [-0.05, 0) is 44.4 Å². The second-order valence-electron chi connectivity index (χ2n) is 9.97. The summed E-state index contributed by atoms with van der Waals surface area (Å²) < 4.78 is 6.18. The zero-order valence-corrected chi connectivity index (χ0v) is 20.9. The number of ether oxygens (including phenoxy) is 1. The Labute approximate surface area is 203 Å². The summed E-state index contributed by atoms with van der Waals surface area (Å²) in [6, 6.07) is 18.1. The van der Waals surface area contributed by atoms with Crippen molar-refractivity contribution in [3.05, 3.63) is 71.8 Å². The fourth-order valence-corrected chi connectivity index (χ4v) is 3.62. The molecule has 186 valence electrons. The number of benzene rings is 2. The summed E-state index contributed by atoms with van der Waals surface area (Å²) in [6.07, 6.45) is -1.03. The molecular formula is C27H39N3O4. The predicted octanol–water partition coefficient (Wildman–Crippen LogP) is 3.72. The maximum absolute atomic E-state index is 12.9. The highest BCUT2D eigenvalue weighted by molar-refractivity contribution is 5.81. The summed E-state index contributed by atoms with van der Waals surface area (Å²) in [6.45, 7) is 10.6. The smallest absolute Gasteiger partial charge is 0.316 e. The molecule has 2 rings (SSSR count). The lowest BCUT2D eigenvalue weighted by Crippen LogP contribution is -2.56. The number of hydrogen-bond acceptors (Lipinski definition) is 5. The number of aliphatic hydroxyl groups is 1. The van der Waals surface area contributed by atoms with E-state index in [4.69, 9.17) is 4.74 Å². The van der Waals surface area contributed by atoms with Crippen molar-refractivity contribution < 1.29 is 19.4 Å². The molecule has 34 heavy (non-hydrogen) atoms. The largest absolute Gasteiger partial charge is 0.376 e. The van der Waals surface area contributed by atoms with E-state index in [0.717, 1.165) is 11.8 Å². The van der Waals surface area contributed by atoms with Crippen molar-refractivity contribution in [2.24, 2.45) is 5.92 Å². The van der Waals surface area contributed by atoms with E-state index < -0.39 is 29.5 Å². The highest BCUT2D eigenvalue weighted by Gasteiger charge is 2.40. The fourth-order valence-electron chi connectivity index (χ4n) is 3.62. The minimum Gasteiger partial charge on any atom is -0.376 e. The van der Waals surface area contributed by atoms with E-state index in [9.17, 15) is 14.7 Å².